The van der Waals surface area contributed by atoms with Crippen LogP contribution in [-0.4, -0.2) is 4.92 Å². The van der Waals surface area contributed by atoms with Crippen LogP contribution in [0.25, 0.3) is 0 Å². The van der Waals surface area contributed by atoms with Crippen LogP contribution in [0.4, 0.5) is 5.00 Å². The summed E-state index contributed by atoms with van der Waals surface area (Å²) in [5, 5.41) is 16.0. The number of hydrogen-bond acceptors (Lipinski definition) is 4. The van der Waals surface area contributed by atoms with Crippen LogP contribution in [0.1, 0.15) is 24.1 Å². The third-order valence-electron chi connectivity index (χ3n) is 2.78. The smallest absolute Gasteiger partial charge is 0.306 e. The van der Waals surface area contributed by atoms with Gasteiger partial charge in [-0.2, -0.15) is 0 Å². The Morgan fingerprint density at radius 1 is 1.47 bits per heavy atom. The molecule has 0 saturated heterocycles. The third kappa shape index (κ3) is 3.86. The summed E-state index contributed by atoms with van der Waals surface area (Å²) in [6.45, 7) is 2.70. The molecule has 1 aromatic heterocycles. The monoisotopic (exact) mass is 340 g/mol. The Labute approximate surface area is 123 Å². The minimum Gasteiger partial charge on any atom is -0.306 e. The molecule has 19 heavy (non-hydrogen) atoms. The third-order valence-corrected chi connectivity index (χ3v) is 4.20. The van der Waals surface area contributed by atoms with Crippen molar-refractivity contribution in [3.05, 3.63) is 61.4 Å². The second-order valence-corrected chi connectivity index (χ2v) is 6.01. The minimum absolute atomic E-state index is 0.187. The molecule has 2 rings (SSSR count). The van der Waals surface area contributed by atoms with Gasteiger partial charge in [0.25, 0.3) is 0 Å². The van der Waals surface area contributed by atoms with Crippen LogP contribution in [0.3, 0.4) is 0 Å². The van der Waals surface area contributed by atoms with E-state index in [2.05, 4.69) is 40.3 Å². The number of thiophene rings is 1. The number of nitrogens with zero attached hydrogens (tertiary/aromatic N) is 1. The molecular weight excluding hydrogens is 328 g/mol. The Bertz CT molecular complexity index is 586. The normalized spacial score (nSPS) is 12.3. The van der Waals surface area contributed by atoms with E-state index in [-0.39, 0.29) is 16.0 Å². The Hall–Kier alpha value is -1.24. The average molecular weight is 341 g/mol. The van der Waals surface area contributed by atoms with E-state index >= 15 is 0 Å². The highest BCUT2D eigenvalue weighted by Crippen LogP contribution is 2.23. The van der Waals surface area contributed by atoms with E-state index in [9.17, 15) is 10.1 Å². The van der Waals surface area contributed by atoms with Gasteiger partial charge in [-0.15, -0.1) is 0 Å². The standard InChI is InChI=1S/C13H13BrN2O2S/c1-9(11-3-2-4-12(14)6-11)15-7-10-5-13(16(17)18)19-8-10/h2-6,8-9,15H,7H2,1H3/t9-/m0/s1. The van der Waals surface area contributed by atoms with Crippen LogP contribution in [0.15, 0.2) is 40.2 Å². The van der Waals surface area contributed by atoms with Crippen molar-refractivity contribution in [1.82, 2.24) is 5.32 Å². The number of rotatable bonds is 5. The maximum Gasteiger partial charge on any atom is 0.324 e. The Balaban J connectivity index is 1.96. The van der Waals surface area contributed by atoms with Gasteiger partial charge in [-0.1, -0.05) is 39.4 Å². The fourth-order valence-electron chi connectivity index (χ4n) is 1.72. The van der Waals surface area contributed by atoms with E-state index in [1.54, 1.807) is 6.07 Å². The lowest BCUT2D eigenvalue weighted by molar-refractivity contribution is -0.380. The molecule has 2 aromatic rings. The predicted octanol–water partition coefficient (Wildman–Crippen LogP) is 4.27. The van der Waals surface area contributed by atoms with Gasteiger partial charge in [-0.25, -0.2) is 0 Å². The van der Waals surface area contributed by atoms with Crippen LogP contribution < -0.4 is 5.32 Å². The molecule has 1 N–H and O–H groups in total. The van der Waals surface area contributed by atoms with Gasteiger partial charge in [0.05, 0.1) is 4.92 Å². The van der Waals surface area contributed by atoms with Gasteiger partial charge < -0.3 is 5.32 Å². The minimum atomic E-state index is -0.355. The first-order valence-electron chi connectivity index (χ1n) is 5.77. The predicted molar refractivity (Wildman–Crippen MR) is 80.4 cm³/mol. The summed E-state index contributed by atoms with van der Waals surface area (Å²) in [4.78, 5) is 10.2. The Kier molecular flexibility index (Phi) is 4.68. The second kappa shape index (κ2) is 6.27. The summed E-state index contributed by atoms with van der Waals surface area (Å²) >= 11 is 4.61. The summed E-state index contributed by atoms with van der Waals surface area (Å²) in [5.74, 6) is 0. The van der Waals surface area contributed by atoms with Crippen molar-refractivity contribution in [2.24, 2.45) is 0 Å². The molecule has 0 bridgehead atoms. The van der Waals surface area contributed by atoms with E-state index in [1.165, 1.54) is 5.56 Å². The Morgan fingerprint density at radius 3 is 2.89 bits per heavy atom. The molecule has 0 spiro atoms. The highest BCUT2D eigenvalue weighted by atomic mass is 79.9. The zero-order chi connectivity index (χ0) is 13.8. The van der Waals surface area contributed by atoms with Crippen LogP contribution >= 0.6 is 27.3 Å². The molecule has 4 nitrogen and oxygen atoms in total. The zero-order valence-electron chi connectivity index (χ0n) is 10.3. The van der Waals surface area contributed by atoms with E-state index in [0.717, 1.165) is 21.4 Å². The quantitative estimate of drug-likeness (QED) is 0.653. The van der Waals surface area contributed by atoms with Crippen LogP contribution in [-0.2, 0) is 6.54 Å². The molecule has 0 fully saturated rings. The molecule has 0 amide bonds. The summed E-state index contributed by atoms with van der Waals surface area (Å²) in [6.07, 6.45) is 0. The lowest BCUT2D eigenvalue weighted by Crippen LogP contribution is -2.17. The molecule has 6 heteroatoms. The molecule has 0 saturated carbocycles. The van der Waals surface area contributed by atoms with Crippen LogP contribution in [0.5, 0.6) is 0 Å². The number of hydrogen-bond donors (Lipinski definition) is 1. The summed E-state index contributed by atoms with van der Waals surface area (Å²) in [7, 11) is 0. The van der Waals surface area contributed by atoms with Gasteiger partial charge in [-0.3, -0.25) is 10.1 Å². The lowest BCUT2D eigenvalue weighted by Gasteiger charge is -2.13. The molecule has 0 unspecified atom stereocenters. The van der Waals surface area contributed by atoms with Crippen molar-refractivity contribution >= 4 is 32.3 Å². The molecule has 1 heterocycles. The van der Waals surface area contributed by atoms with Crippen molar-refractivity contribution in [2.75, 3.05) is 0 Å². The first kappa shape index (κ1) is 14.2. The van der Waals surface area contributed by atoms with Crippen molar-refractivity contribution in [2.45, 2.75) is 19.5 Å². The second-order valence-electron chi connectivity index (χ2n) is 4.21. The van der Waals surface area contributed by atoms with Gasteiger partial charge in [0.1, 0.15) is 0 Å². The maximum absolute atomic E-state index is 10.6. The largest absolute Gasteiger partial charge is 0.324 e. The fraction of sp³-hybridized carbons (Fsp3) is 0.231. The van der Waals surface area contributed by atoms with Crippen molar-refractivity contribution in [1.29, 1.82) is 0 Å². The van der Waals surface area contributed by atoms with Crippen LogP contribution in [0.2, 0.25) is 0 Å². The number of halogens is 1. The highest BCUT2D eigenvalue weighted by Gasteiger charge is 2.11. The molecule has 1 atom stereocenters. The maximum atomic E-state index is 10.6. The van der Waals surface area contributed by atoms with Crippen molar-refractivity contribution in [3.63, 3.8) is 0 Å². The van der Waals surface area contributed by atoms with E-state index in [4.69, 9.17) is 0 Å². The number of benzene rings is 1. The SMILES string of the molecule is C[C@H](NCc1csc([N+](=O)[O-])c1)c1cccc(Br)c1. The zero-order valence-corrected chi connectivity index (χ0v) is 12.7. The van der Waals surface area contributed by atoms with E-state index < -0.39 is 0 Å². The molecule has 0 aliphatic rings. The molecule has 0 aliphatic heterocycles. The van der Waals surface area contributed by atoms with Gasteiger partial charge in [-0.05, 0) is 30.2 Å². The van der Waals surface area contributed by atoms with Gasteiger partial charge >= 0.3 is 5.00 Å². The highest BCUT2D eigenvalue weighted by molar-refractivity contribution is 9.10. The van der Waals surface area contributed by atoms with Crippen molar-refractivity contribution in [3.8, 4) is 0 Å². The molecule has 1 aromatic carbocycles. The molecular formula is C13H13BrN2O2S. The molecule has 100 valence electrons. The first-order valence-corrected chi connectivity index (χ1v) is 7.44. The van der Waals surface area contributed by atoms with Crippen LogP contribution in [0, 0.1) is 10.1 Å². The summed E-state index contributed by atoms with van der Waals surface area (Å²) in [6, 6.07) is 9.90. The summed E-state index contributed by atoms with van der Waals surface area (Å²) in [5.41, 5.74) is 2.12. The number of nitro groups is 1. The fourth-order valence-corrected chi connectivity index (χ4v) is 2.86. The average Bonchev–Trinajstić information content (AvgIpc) is 2.85. The first-order chi connectivity index (χ1) is 9.06. The molecule has 0 radical (unpaired) electrons. The van der Waals surface area contributed by atoms with Gasteiger partial charge in [0, 0.05) is 28.5 Å². The topological polar surface area (TPSA) is 55.2 Å². The van der Waals surface area contributed by atoms with E-state index in [1.807, 2.05) is 17.5 Å². The van der Waals surface area contributed by atoms with Gasteiger partial charge in [0.2, 0.25) is 0 Å². The van der Waals surface area contributed by atoms with Crippen molar-refractivity contribution < 1.29 is 4.92 Å². The molecule has 0 aliphatic carbocycles. The van der Waals surface area contributed by atoms with E-state index in [0.29, 0.717) is 6.54 Å². The van der Waals surface area contributed by atoms with Gasteiger partial charge in [0.15, 0.2) is 0 Å². The number of nitrogens with one attached hydrogen (secondary N) is 1. The Morgan fingerprint density at radius 2 is 2.26 bits per heavy atom. The lowest BCUT2D eigenvalue weighted by atomic mass is 10.1. The summed E-state index contributed by atoms with van der Waals surface area (Å²) < 4.78 is 1.05.